The lowest BCUT2D eigenvalue weighted by atomic mass is 10.1. The molecule has 1 heterocycles. The van der Waals surface area contributed by atoms with E-state index >= 15 is 0 Å². The van der Waals surface area contributed by atoms with Gasteiger partial charge < -0.3 is 10.6 Å². The zero-order valence-corrected chi connectivity index (χ0v) is 14.5. The fraction of sp³-hybridized carbons (Fsp3) is 0.444. The molecule has 0 saturated carbocycles. The summed E-state index contributed by atoms with van der Waals surface area (Å²) >= 11 is 0. The Hall–Kier alpha value is -2.30. The fourth-order valence-corrected chi connectivity index (χ4v) is 2.04. The Balaban J connectivity index is 2.03. The van der Waals surface area contributed by atoms with Gasteiger partial charge in [0.15, 0.2) is 5.96 Å². The summed E-state index contributed by atoms with van der Waals surface area (Å²) in [6.07, 6.45) is 3.89. The van der Waals surface area contributed by atoms with Gasteiger partial charge in [0.25, 0.3) is 0 Å². The highest BCUT2D eigenvalue weighted by atomic mass is 15.3. The van der Waals surface area contributed by atoms with Crippen molar-refractivity contribution in [1.82, 2.24) is 20.4 Å². The second kappa shape index (κ2) is 8.36. The average Bonchev–Trinajstić information content (AvgIpc) is 3.02. The number of benzene rings is 1. The summed E-state index contributed by atoms with van der Waals surface area (Å²) in [6.45, 7) is 10.1. The number of rotatable bonds is 6. The topological polar surface area (TPSA) is 54.2 Å². The molecule has 23 heavy (non-hydrogen) atoms. The van der Waals surface area contributed by atoms with E-state index in [2.05, 4.69) is 48.4 Å². The highest BCUT2D eigenvalue weighted by molar-refractivity contribution is 5.80. The van der Waals surface area contributed by atoms with Crippen LogP contribution < -0.4 is 10.6 Å². The van der Waals surface area contributed by atoms with E-state index in [1.54, 1.807) is 0 Å². The molecular weight excluding hydrogens is 286 g/mol. The molecule has 2 N–H and O–H groups in total. The van der Waals surface area contributed by atoms with E-state index < -0.39 is 0 Å². The first-order valence-electron chi connectivity index (χ1n) is 8.24. The molecule has 5 heteroatoms. The van der Waals surface area contributed by atoms with Gasteiger partial charge in [-0.2, -0.15) is 5.10 Å². The first-order valence-corrected chi connectivity index (χ1v) is 8.24. The van der Waals surface area contributed by atoms with Crippen LogP contribution in [0.2, 0.25) is 0 Å². The molecule has 1 aromatic carbocycles. The summed E-state index contributed by atoms with van der Waals surface area (Å²) < 4.78 is 1.88. The molecule has 0 spiro atoms. The quantitative estimate of drug-likeness (QED) is 0.637. The molecular formula is C18H27N5. The Kier molecular flexibility index (Phi) is 6.20. The smallest absolute Gasteiger partial charge is 0.191 e. The maximum absolute atomic E-state index is 4.65. The van der Waals surface area contributed by atoms with E-state index in [-0.39, 0.29) is 0 Å². The monoisotopic (exact) mass is 313 g/mol. The standard InChI is InChI=1S/C18H27N5/c1-5-19-18(22-15(4)14(2)3)20-11-16-12-21-23(13-16)17-9-7-6-8-10-17/h6-10,12-15H,5,11H2,1-4H3,(H2,19,20,22). The summed E-state index contributed by atoms with van der Waals surface area (Å²) in [7, 11) is 0. The van der Waals surface area contributed by atoms with Gasteiger partial charge in [0.1, 0.15) is 0 Å². The Morgan fingerprint density at radius 3 is 2.61 bits per heavy atom. The van der Waals surface area contributed by atoms with E-state index in [9.17, 15) is 0 Å². The lowest BCUT2D eigenvalue weighted by Gasteiger charge is -2.20. The summed E-state index contributed by atoms with van der Waals surface area (Å²) in [4.78, 5) is 4.65. The van der Waals surface area contributed by atoms with Crippen molar-refractivity contribution < 1.29 is 0 Å². The van der Waals surface area contributed by atoms with Gasteiger partial charge in [-0.1, -0.05) is 32.0 Å². The van der Waals surface area contributed by atoms with Gasteiger partial charge in [0.2, 0.25) is 0 Å². The highest BCUT2D eigenvalue weighted by Gasteiger charge is 2.09. The second-order valence-corrected chi connectivity index (χ2v) is 6.00. The minimum atomic E-state index is 0.375. The van der Waals surface area contributed by atoms with Gasteiger partial charge in [0, 0.05) is 24.3 Å². The highest BCUT2D eigenvalue weighted by Crippen LogP contribution is 2.08. The average molecular weight is 313 g/mol. The molecule has 5 nitrogen and oxygen atoms in total. The number of para-hydroxylation sites is 1. The largest absolute Gasteiger partial charge is 0.357 e. The molecule has 0 amide bonds. The number of hydrogen-bond donors (Lipinski definition) is 2. The van der Waals surface area contributed by atoms with E-state index in [0.717, 1.165) is 23.8 Å². The molecule has 0 aliphatic carbocycles. The number of aromatic nitrogens is 2. The van der Waals surface area contributed by atoms with Gasteiger partial charge in [-0.3, -0.25) is 0 Å². The molecule has 2 rings (SSSR count). The maximum Gasteiger partial charge on any atom is 0.191 e. The van der Waals surface area contributed by atoms with E-state index in [4.69, 9.17) is 0 Å². The molecule has 0 bridgehead atoms. The van der Waals surface area contributed by atoms with Crippen LogP contribution in [-0.2, 0) is 6.54 Å². The lowest BCUT2D eigenvalue weighted by molar-refractivity contribution is 0.481. The minimum Gasteiger partial charge on any atom is -0.357 e. The van der Waals surface area contributed by atoms with Crippen LogP contribution in [0.4, 0.5) is 0 Å². The van der Waals surface area contributed by atoms with Crippen molar-refractivity contribution >= 4 is 5.96 Å². The second-order valence-electron chi connectivity index (χ2n) is 6.00. The van der Waals surface area contributed by atoms with Gasteiger partial charge in [-0.25, -0.2) is 9.67 Å². The predicted molar refractivity (Wildman–Crippen MR) is 95.8 cm³/mol. The SMILES string of the molecule is CCNC(=NCc1cnn(-c2ccccc2)c1)NC(C)C(C)C. The third-order valence-electron chi connectivity index (χ3n) is 3.79. The van der Waals surface area contributed by atoms with Gasteiger partial charge in [-0.15, -0.1) is 0 Å². The van der Waals surface area contributed by atoms with Crippen molar-refractivity contribution in [3.05, 3.63) is 48.3 Å². The zero-order valence-electron chi connectivity index (χ0n) is 14.5. The van der Waals surface area contributed by atoms with Crippen molar-refractivity contribution in [1.29, 1.82) is 0 Å². The van der Waals surface area contributed by atoms with Crippen molar-refractivity contribution in [2.24, 2.45) is 10.9 Å². The van der Waals surface area contributed by atoms with Crippen molar-refractivity contribution in [3.8, 4) is 5.69 Å². The van der Waals surface area contributed by atoms with E-state index in [1.807, 2.05) is 47.4 Å². The molecule has 0 fully saturated rings. The van der Waals surface area contributed by atoms with Crippen LogP contribution >= 0.6 is 0 Å². The Morgan fingerprint density at radius 2 is 1.96 bits per heavy atom. The van der Waals surface area contributed by atoms with Gasteiger partial charge in [-0.05, 0) is 31.9 Å². The third-order valence-corrected chi connectivity index (χ3v) is 3.79. The van der Waals surface area contributed by atoms with Crippen LogP contribution in [0.15, 0.2) is 47.7 Å². The van der Waals surface area contributed by atoms with E-state index in [0.29, 0.717) is 18.5 Å². The molecule has 2 aromatic rings. The maximum atomic E-state index is 4.65. The van der Waals surface area contributed by atoms with Crippen LogP contribution in [-0.4, -0.2) is 28.3 Å². The third kappa shape index (κ3) is 5.13. The Morgan fingerprint density at radius 1 is 1.22 bits per heavy atom. The van der Waals surface area contributed by atoms with Crippen LogP contribution in [0.3, 0.4) is 0 Å². The first-order chi connectivity index (χ1) is 11.1. The number of aliphatic imine (C=N–C) groups is 1. The summed E-state index contributed by atoms with van der Waals surface area (Å²) in [5, 5.41) is 11.1. The normalized spacial score (nSPS) is 13.2. The van der Waals surface area contributed by atoms with Crippen molar-refractivity contribution in [3.63, 3.8) is 0 Å². The Labute approximate surface area is 138 Å². The fourth-order valence-electron chi connectivity index (χ4n) is 2.04. The van der Waals surface area contributed by atoms with Crippen LogP contribution in [0.25, 0.3) is 5.69 Å². The summed E-state index contributed by atoms with van der Waals surface area (Å²) in [5.74, 6) is 1.40. The first kappa shape index (κ1) is 17.1. The number of hydrogen-bond acceptors (Lipinski definition) is 2. The van der Waals surface area contributed by atoms with Crippen molar-refractivity contribution in [2.75, 3.05) is 6.54 Å². The summed E-state index contributed by atoms with van der Waals surface area (Å²) in [6, 6.07) is 10.5. The van der Waals surface area contributed by atoms with Crippen molar-refractivity contribution in [2.45, 2.75) is 40.3 Å². The summed E-state index contributed by atoms with van der Waals surface area (Å²) in [5.41, 5.74) is 2.14. The van der Waals surface area contributed by atoms with Crippen LogP contribution in [0, 0.1) is 5.92 Å². The number of nitrogens with zero attached hydrogens (tertiary/aromatic N) is 3. The Bertz CT molecular complexity index is 615. The molecule has 1 unspecified atom stereocenters. The lowest BCUT2D eigenvalue weighted by Crippen LogP contribution is -2.44. The van der Waals surface area contributed by atoms with Gasteiger partial charge in [0.05, 0.1) is 18.4 Å². The molecule has 124 valence electrons. The van der Waals surface area contributed by atoms with Crippen LogP contribution in [0.1, 0.15) is 33.3 Å². The zero-order chi connectivity index (χ0) is 16.7. The number of guanidine groups is 1. The van der Waals surface area contributed by atoms with Gasteiger partial charge >= 0.3 is 0 Å². The molecule has 1 aromatic heterocycles. The molecule has 0 radical (unpaired) electrons. The molecule has 0 aliphatic heterocycles. The predicted octanol–water partition coefficient (Wildman–Crippen LogP) is 2.97. The molecule has 0 aliphatic rings. The van der Waals surface area contributed by atoms with Crippen LogP contribution in [0.5, 0.6) is 0 Å². The minimum absolute atomic E-state index is 0.375. The number of nitrogens with one attached hydrogen (secondary N) is 2. The molecule has 0 saturated heterocycles. The van der Waals surface area contributed by atoms with E-state index in [1.165, 1.54) is 0 Å². The molecule has 1 atom stereocenters.